The van der Waals surface area contributed by atoms with E-state index in [1.807, 2.05) is 44.2 Å². The molecule has 1 aliphatic rings. The van der Waals surface area contributed by atoms with E-state index >= 15 is 0 Å². The van der Waals surface area contributed by atoms with Crippen LogP contribution in [0.1, 0.15) is 24.5 Å². The zero-order valence-electron chi connectivity index (χ0n) is 14.8. The van der Waals surface area contributed by atoms with Crippen LogP contribution >= 0.6 is 0 Å². The summed E-state index contributed by atoms with van der Waals surface area (Å²) in [7, 11) is 0. The molecule has 1 saturated heterocycles. The lowest BCUT2D eigenvalue weighted by atomic mass is 9.87. The first-order valence-corrected chi connectivity index (χ1v) is 8.52. The van der Waals surface area contributed by atoms with E-state index in [1.165, 1.54) is 0 Å². The maximum Gasteiger partial charge on any atom is 0.325 e. The molecule has 1 fully saturated rings. The summed E-state index contributed by atoms with van der Waals surface area (Å²) in [5.41, 5.74) is 1.29. The van der Waals surface area contributed by atoms with Gasteiger partial charge in [-0.25, -0.2) is 4.79 Å². The molecule has 6 heteroatoms. The highest BCUT2D eigenvalue weighted by Gasteiger charge is 2.51. The first-order chi connectivity index (χ1) is 12.5. The molecule has 134 valence electrons. The molecule has 0 aliphatic carbocycles. The van der Waals surface area contributed by atoms with Gasteiger partial charge in [0.25, 0.3) is 5.91 Å². The molecule has 26 heavy (non-hydrogen) atoms. The van der Waals surface area contributed by atoms with Crippen molar-refractivity contribution in [3.8, 4) is 0 Å². The molecule has 2 aromatic carbocycles. The van der Waals surface area contributed by atoms with Gasteiger partial charge in [0, 0.05) is 5.69 Å². The molecule has 2 aromatic rings. The van der Waals surface area contributed by atoms with Crippen molar-refractivity contribution >= 4 is 23.5 Å². The van der Waals surface area contributed by atoms with E-state index in [9.17, 15) is 14.4 Å². The van der Waals surface area contributed by atoms with Gasteiger partial charge in [-0.2, -0.15) is 0 Å². The normalized spacial score (nSPS) is 19.4. The smallest absolute Gasteiger partial charge is 0.325 e. The largest absolute Gasteiger partial charge is 0.325 e. The third-order valence-electron chi connectivity index (χ3n) is 4.61. The fourth-order valence-corrected chi connectivity index (χ4v) is 3.11. The molecule has 6 nitrogen and oxygen atoms in total. The number of hydrogen-bond donors (Lipinski definition) is 2. The van der Waals surface area contributed by atoms with Crippen LogP contribution < -0.4 is 10.6 Å². The molecule has 4 amide bonds. The lowest BCUT2D eigenvalue weighted by Crippen LogP contribution is -2.44. The minimum Gasteiger partial charge on any atom is -0.325 e. The highest BCUT2D eigenvalue weighted by atomic mass is 16.2. The lowest BCUT2D eigenvalue weighted by molar-refractivity contribution is -0.134. The second kappa shape index (κ2) is 7.00. The molecular weight excluding hydrogens is 330 g/mol. The summed E-state index contributed by atoms with van der Waals surface area (Å²) in [4.78, 5) is 38.6. The summed E-state index contributed by atoms with van der Waals surface area (Å²) < 4.78 is 0. The van der Waals surface area contributed by atoms with Crippen LogP contribution in [0.4, 0.5) is 10.5 Å². The zero-order valence-corrected chi connectivity index (χ0v) is 14.8. The SMILES string of the molecule is CC[C@@]1(c2ccccc2)NC(=O)N(CC(=O)Nc2ccc(C)cc2)C1=O. The van der Waals surface area contributed by atoms with Crippen LogP contribution in [-0.2, 0) is 15.1 Å². The lowest BCUT2D eigenvalue weighted by Gasteiger charge is -2.25. The molecule has 2 N–H and O–H groups in total. The van der Waals surface area contributed by atoms with Gasteiger partial charge in [-0.05, 0) is 31.0 Å². The van der Waals surface area contributed by atoms with Crippen molar-refractivity contribution in [1.82, 2.24) is 10.2 Å². The standard InChI is InChI=1S/C20H21N3O3/c1-3-20(15-7-5-4-6-8-15)18(25)23(19(26)22-20)13-17(24)21-16-11-9-14(2)10-12-16/h4-12H,3,13H2,1-2H3,(H,21,24)(H,22,26)/t20-/m0/s1. The Labute approximate surface area is 152 Å². The predicted octanol–water partition coefficient (Wildman–Crippen LogP) is 2.79. The number of carbonyl (C=O) groups is 3. The number of amides is 4. The van der Waals surface area contributed by atoms with Gasteiger partial charge in [0.2, 0.25) is 5.91 Å². The molecule has 0 radical (unpaired) electrons. The Hall–Kier alpha value is -3.15. The number of anilines is 1. The van der Waals surface area contributed by atoms with Gasteiger partial charge in [-0.1, -0.05) is 55.0 Å². The number of imide groups is 1. The first kappa shape index (κ1) is 17.7. The highest BCUT2D eigenvalue weighted by Crippen LogP contribution is 2.32. The van der Waals surface area contributed by atoms with E-state index in [-0.39, 0.29) is 6.54 Å². The Morgan fingerprint density at radius 1 is 1.08 bits per heavy atom. The third-order valence-corrected chi connectivity index (χ3v) is 4.61. The van der Waals surface area contributed by atoms with Crippen LogP contribution in [-0.4, -0.2) is 29.3 Å². The van der Waals surface area contributed by atoms with Crippen molar-refractivity contribution in [2.75, 3.05) is 11.9 Å². The predicted molar refractivity (Wildman–Crippen MR) is 98.5 cm³/mol. The van der Waals surface area contributed by atoms with E-state index in [0.29, 0.717) is 17.7 Å². The average Bonchev–Trinajstić information content (AvgIpc) is 2.89. The van der Waals surface area contributed by atoms with Crippen molar-refractivity contribution in [2.24, 2.45) is 0 Å². The summed E-state index contributed by atoms with van der Waals surface area (Å²) in [6.45, 7) is 3.46. The van der Waals surface area contributed by atoms with E-state index in [2.05, 4.69) is 10.6 Å². The van der Waals surface area contributed by atoms with Gasteiger partial charge >= 0.3 is 6.03 Å². The highest BCUT2D eigenvalue weighted by molar-refractivity contribution is 6.10. The van der Waals surface area contributed by atoms with Crippen LogP contribution in [0.5, 0.6) is 0 Å². The molecule has 1 heterocycles. The van der Waals surface area contributed by atoms with Gasteiger partial charge in [0.15, 0.2) is 0 Å². The maximum atomic E-state index is 13.0. The monoisotopic (exact) mass is 351 g/mol. The number of rotatable bonds is 5. The number of aryl methyl sites for hydroxylation is 1. The maximum absolute atomic E-state index is 13.0. The van der Waals surface area contributed by atoms with E-state index < -0.39 is 23.4 Å². The van der Waals surface area contributed by atoms with Crippen molar-refractivity contribution in [2.45, 2.75) is 25.8 Å². The van der Waals surface area contributed by atoms with Crippen LogP contribution in [0.3, 0.4) is 0 Å². The van der Waals surface area contributed by atoms with Crippen LogP contribution in [0.25, 0.3) is 0 Å². The molecule has 0 spiro atoms. The Balaban J connectivity index is 1.76. The molecule has 3 rings (SSSR count). The molecular formula is C20H21N3O3. The summed E-state index contributed by atoms with van der Waals surface area (Å²) in [6, 6.07) is 15.8. The van der Waals surface area contributed by atoms with Crippen LogP contribution in [0, 0.1) is 6.92 Å². The quantitative estimate of drug-likeness (QED) is 0.813. The van der Waals surface area contributed by atoms with Crippen LogP contribution in [0.15, 0.2) is 54.6 Å². The Bertz CT molecular complexity index is 833. The number of urea groups is 1. The number of carbonyl (C=O) groups excluding carboxylic acids is 3. The Morgan fingerprint density at radius 3 is 2.35 bits per heavy atom. The van der Waals surface area contributed by atoms with E-state index in [0.717, 1.165) is 10.5 Å². The molecule has 1 aliphatic heterocycles. The molecule has 0 bridgehead atoms. The van der Waals surface area contributed by atoms with Crippen molar-refractivity contribution < 1.29 is 14.4 Å². The molecule has 1 atom stereocenters. The molecule has 0 saturated carbocycles. The number of nitrogens with zero attached hydrogens (tertiary/aromatic N) is 1. The van der Waals surface area contributed by atoms with Crippen molar-refractivity contribution in [1.29, 1.82) is 0 Å². The van der Waals surface area contributed by atoms with Gasteiger partial charge in [0.05, 0.1) is 0 Å². The molecule has 0 unspecified atom stereocenters. The van der Waals surface area contributed by atoms with Gasteiger partial charge < -0.3 is 10.6 Å². The number of nitrogens with one attached hydrogen (secondary N) is 2. The number of benzene rings is 2. The summed E-state index contributed by atoms with van der Waals surface area (Å²) in [6.07, 6.45) is 0.400. The summed E-state index contributed by atoms with van der Waals surface area (Å²) >= 11 is 0. The summed E-state index contributed by atoms with van der Waals surface area (Å²) in [5.74, 6) is -0.826. The van der Waals surface area contributed by atoms with E-state index in [4.69, 9.17) is 0 Å². The molecule has 0 aromatic heterocycles. The fourth-order valence-electron chi connectivity index (χ4n) is 3.11. The second-order valence-electron chi connectivity index (χ2n) is 6.36. The van der Waals surface area contributed by atoms with Crippen molar-refractivity contribution in [3.05, 3.63) is 65.7 Å². The zero-order chi connectivity index (χ0) is 18.7. The van der Waals surface area contributed by atoms with Crippen LogP contribution in [0.2, 0.25) is 0 Å². The third kappa shape index (κ3) is 3.18. The fraction of sp³-hybridized carbons (Fsp3) is 0.250. The van der Waals surface area contributed by atoms with E-state index in [1.54, 1.807) is 24.3 Å². The second-order valence-corrected chi connectivity index (χ2v) is 6.36. The van der Waals surface area contributed by atoms with Gasteiger partial charge in [0.1, 0.15) is 12.1 Å². The minimum atomic E-state index is -1.12. The summed E-state index contributed by atoms with van der Waals surface area (Å²) in [5, 5.41) is 5.48. The number of hydrogen-bond acceptors (Lipinski definition) is 3. The topological polar surface area (TPSA) is 78.5 Å². The first-order valence-electron chi connectivity index (χ1n) is 8.52. The van der Waals surface area contributed by atoms with Crippen molar-refractivity contribution in [3.63, 3.8) is 0 Å². The van der Waals surface area contributed by atoms with Gasteiger partial charge in [-0.3, -0.25) is 14.5 Å². The Morgan fingerprint density at radius 2 is 1.73 bits per heavy atom. The minimum absolute atomic E-state index is 0.326. The van der Waals surface area contributed by atoms with Gasteiger partial charge in [-0.15, -0.1) is 0 Å². The average molecular weight is 351 g/mol. The Kier molecular flexibility index (Phi) is 4.75.